The number of carboxylic acid groups (broad SMARTS) is 1. The van der Waals surface area contributed by atoms with E-state index in [9.17, 15) is 4.79 Å². The third-order valence-corrected chi connectivity index (χ3v) is 5.41. The molecule has 8 nitrogen and oxygen atoms in total. The molecule has 2 aromatic carbocycles. The summed E-state index contributed by atoms with van der Waals surface area (Å²) < 4.78 is 17.3. The monoisotopic (exact) mass is 437 g/mol. The summed E-state index contributed by atoms with van der Waals surface area (Å²) in [5.74, 6) is 1.25. The number of fused-ring (bicyclic) bond motifs is 1. The Bertz CT molecular complexity index is 1240. The lowest BCUT2D eigenvalue weighted by Gasteiger charge is -2.09. The number of hydrogen-bond donors (Lipinski definition) is 2. The molecule has 0 saturated heterocycles. The minimum atomic E-state index is -1.10. The van der Waals surface area contributed by atoms with E-state index >= 15 is 0 Å². The average Bonchev–Trinajstić information content (AvgIpc) is 3.19. The van der Waals surface area contributed by atoms with Crippen LogP contribution >= 0.6 is 11.3 Å². The van der Waals surface area contributed by atoms with E-state index < -0.39 is 5.97 Å². The van der Waals surface area contributed by atoms with E-state index in [1.165, 1.54) is 23.6 Å². The Morgan fingerprint density at radius 1 is 1.03 bits per heavy atom. The van der Waals surface area contributed by atoms with E-state index in [2.05, 4.69) is 15.3 Å². The standard InChI is InChI=1S/C22H19N3O5S/c1-28-18-6-3-13(9-19(18)29-2)12-24-22-25-16-5-4-14(11-20(16)31-22)30-15-7-8-23-17(10-15)21(26)27/h3-11H,12H2,1-2H3,(H,24,25)(H,26,27). The number of benzene rings is 2. The molecule has 0 fully saturated rings. The zero-order chi connectivity index (χ0) is 21.8. The Kier molecular flexibility index (Phi) is 5.85. The van der Waals surface area contributed by atoms with E-state index in [-0.39, 0.29) is 5.69 Å². The van der Waals surface area contributed by atoms with Crippen LogP contribution in [-0.4, -0.2) is 35.3 Å². The number of methoxy groups -OCH3 is 2. The lowest BCUT2D eigenvalue weighted by Crippen LogP contribution is -2.00. The van der Waals surface area contributed by atoms with Gasteiger partial charge < -0.3 is 24.6 Å². The number of hydrogen-bond acceptors (Lipinski definition) is 8. The first-order valence-corrected chi connectivity index (χ1v) is 10.1. The van der Waals surface area contributed by atoms with Crippen LogP contribution in [0.2, 0.25) is 0 Å². The number of thiazole rings is 1. The zero-order valence-corrected chi connectivity index (χ0v) is 17.6. The van der Waals surface area contributed by atoms with Crippen molar-refractivity contribution in [3.63, 3.8) is 0 Å². The Morgan fingerprint density at radius 3 is 2.61 bits per heavy atom. The van der Waals surface area contributed by atoms with Gasteiger partial charge in [-0.1, -0.05) is 17.4 Å². The van der Waals surface area contributed by atoms with Crippen molar-refractivity contribution in [2.75, 3.05) is 19.5 Å². The number of nitrogens with one attached hydrogen (secondary N) is 1. The Hall–Kier alpha value is -3.85. The van der Waals surface area contributed by atoms with E-state index in [0.717, 1.165) is 20.9 Å². The summed E-state index contributed by atoms with van der Waals surface area (Å²) in [5.41, 5.74) is 1.80. The van der Waals surface area contributed by atoms with Crippen LogP contribution in [0.1, 0.15) is 16.1 Å². The maximum Gasteiger partial charge on any atom is 0.354 e. The lowest BCUT2D eigenvalue weighted by atomic mass is 10.2. The summed E-state index contributed by atoms with van der Waals surface area (Å²) in [6, 6.07) is 14.3. The first kappa shape index (κ1) is 20.4. The van der Waals surface area contributed by atoms with Gasteiger partial charge in [0.15, 0.2) is 22.3 Å². The molecule has 158 valence electrons. The van der Waals surface area contributed by atoms with Crippen molar-refractivity contribution >= 4 is 32.7 Å². The van der Waals surface area contributed by atoms with Gasteiger partial charge in [-0.15, -0.1) is 0 Å². The summed E-state index contributed by atoms with van der Waals surface area (Å²) in [7, 11) is 3.21. The number of ether oxygens (including phenoxy) is 3. The topological polar surface area (TPSA) is 103 Å². The molecule has 0 saturated carbocycles. The second-order valence-electron chi connectivity index (χ2n) is 6.48. The predicted molar refractivity (Wildman–Crippen MR) is 118 cm³/mol. The minimum absolute atomic E-state index is 0.0713. The third-order valence-electron chi connectivity index (χ3n) is 4.44. The molecule has 2 heterocycles. The number of nitrogens with zero attached hydrogens (tertiary/aromatic N) is 2. The molecule has 2 aromatic heterocycles. The SMILES string of the molecule is COc1ccc(CNc2nc3ccc(Oc4ccnc(C(=O)O)c4)cc3s2)cc1OC. The fraction of sp³-hybridized carbons (Fsp3) is 0.136. The van der Waals surface area contributed by atoms with Crippen molar-refractivity contribution < 1.29 is 24.1 Å². The first-order chi connectivity index (χ1) is 15.1. The summed E-state index contributed by atoms with van der Waals surface area (Å²) in [5, 5.41) is 13.2. The zero-order valence-electron chi connectivity index (χ0n) is 16.8. The smallest absolute Gasteiger partial charge is 0.354 e. The number of aromatic nitrogens is 2. The molecule has 0 spiro atoms. The van der Waals surface area contributed by atoms with E-state index in [0.29, 0.717) is 29.5 Å². The van der Waals surface area contributed by atoms with Crippen LogP contribution < -0.4 is 19.5 Å². The molecule has 4 rings (SSSR count). The van der Waals surface area contributed by atoms with Gasteiger partial charge in [0.1, 0.15) is 11.5 Å². The highest BCUT2D eigenvalue weighted by molar-refractivity contribution is 7.22. The molecule has 9 heteroatoms. The van der Waals surface area contributed by atoms with Crippen molar-refractivity contribution in [2.45, 2.75) is 6.54 Å². The van der Waals surface area contributed by atoms with Crippen LogP contribution in [0.3, 0.4) is 0 Å². The largest absolute Gasteiger partial charge is 0.493 e. The molecule has 31 heavy (non-hydrogen) atoms. The maximum atomic E-state index is 11.1. The van der Waals surface area contributed by atoms with Gasteiger partial charge in [0.25, 0.3) is 0 Å². The number of pyridine rings is 1. The number of rotatable bonds is 8. The van der Waals surface area contributed by atoms with Crippen molar-refractivity contribution in [2.24, 2.45) is 0 Å². The predicted octanol–water partition coefficient (Wildman–Crippen LogP) is 4.81. The van der Waals surface area contributed by atoms with Crippen molar-refractivity contribution in [1.29, 1.82) is 0 Å². The van der Waals surface area contributed by atoms with Gasteiger partial charge in [-0.25, -0.2) is 14.8 Å². The molecular weight excluding hydrogens is 418 g/mol. The highest BCUT2D eigenvalue weighted by Crippen LogP contribution is 2.32. The van der Waals surface area contributed by atoms with Crippen LogP contribution in [0.5, 0.6) is 23.0 Å². The molecule has 0 unspecified atom stereocenters. The second kappa shape index (κ2) is 8.88. The van der Waals surface area contributed by atoms with Crippen LogP contribution in [0, 0.1) is 0 Å². The Balaban J connectivity index is 1.48. The quantitative estimate of drug-likeness (QED) is 0.405. The molecule has 0 bridgehead atoms. The third kappa shape index (κ3) is 4.67. The number of anilines is 1. The molecule has 0 atom stereocenters. The van der Waals surface area contributed by atoms with Gasteiger partial charge in [-0.2, -0.15) is 0 Å². The summed E-state index contributed by atoms with van der Waals surface area (Å²) in [6.07, 6.45) is 1.40. The molecular formula is C22H19N3O5S. The first-order valence-electron chi connectivity index (χ1n) is 9.28. The number of aromatic carboxylic acids is 1. The van der Waals surface area contributed by atoms with Crippen LogP contribution in [0.25, 0.3) is 10.2 Å². The van der Waals surface area contributed by atoms with Crippen LogP contribution in [-0.2, 0) is 6.54 Å². The number of carboxylic acids is 1. The van der Waals surface area contributed by atoms with E-state index in [1.54, 1.807) is 26.4 Å². The summed E-state index contributed by atoms with van der Waals surface area (Å²) in [6.45, 7) is 0.582. The van der Waals surface area contributed by atoms with Crippen molar-refractivity contribution in [1.82, 2.24) is 9.97 Å². The number of carbonyl (C=O) groups is 1. The highest BCUT2D eigenvalue weighted by atomic mass is 32.1. The van der Waals surface area contributed by atoms with Crippen LogP contribution in [0.15, 0.2) is 54.7 Å². The van der Waals surface area contributed by atoms with Gasteiger partial charge in [0, 0.05) is 24.9 Å². The molecule has 0 amide bonds. The Labute approximate surface area is 182 Å². The molecule has 4 aromatic rings. The molecule has 0 radical (unpaired) electrons. The fourth-order valence-corrected chi connectivity index (χ4v) is 3.83. The molecule has 0 aliphatic heterocycles. The van der Waals surface area contributed by atoms with Crippen molar-refractivity contribution in [3.05, 3.63) is 66.0 Å². The highest BCUT2D eigenvalue weighted by Gasteiger charge is 2.10. The van der Waals surface area contributed by atoms with Crippen LogP contribution in [0.4, 0.5) is 5.13 Å². The fourth-order valence-electron chi connectivity index (χ4n) is 2.94. The van der Waals surface area contributed by atoms with Gasteiger partial charge in [0.2, 0.25) is 0 Å². The average molecular weight is 437 g/mol. The van der Waals surface area contributed by atoms with E-state index in [1.807, 2.05) is 30.3 Å². The molecule has 0 aliphatic carbocycles. The Morgan fingerprint density at radius 2 is 1.84 bits per heavy atom. The van der Waals surface area contributed by atoms with Gasteiger partial charge in [-0.3, -0.25) is 0 Å². The summed E-state index contributed by atoms with van der Waals surface area (Å²) >= 11 is 1.50. The van der Waals surface area contributed by atoms with Gasteiger partial charge >= 0.3 is 5.97 Å². The molecule has 0 aliphatic rings. The van der Waals surface area contributed by atoms with Crippen molar-refractivity contribution in [3.8, 4) is 23.0 Å². The van der Waals surface area contributed by atoms with Gasteiger partial charge in [0.05, 0.1) is 24.4 Å². The normalized spacial score (nSPS) is 10.6. The van der Waals surface area contributed by atoms with Gasteiger partial charge in [-0.05, 0) is 35.9 Å². The minimum Gasteiger partial charge on any atom is -0.493 e. The second-order valence-corrected chi connectivity index (χ2v) is 7.51. The molecule has 2 N–H and O–H groups in total. The summed E-state index contributed by atoms with van der Waals surface area (Å²) in [4.78, 5) is 19.5. The lowest BCUT2D eigenvalue weighted by molar-refractivity contribution is 0.0690. The van der Waals surface area contributed by atoms with E-state index in [4.69, 9.17) is 19.3 Å². The maximum absolute atomic E-state index is 11.1.